The molecule has 9 heteroatoms. The van der Waals surface area contributed by atoms with Crippen LogP contribution >= 0.6 is 11.6 Å². The number of rotatable bonds is 10. The SMILES string of the molecule is CCOC(=O)CNC(=O)c1nc(CC2CCN(c3ccccc3Cl)CC2)nc(C)c1OCc1ccccc1. The number of nitrogens with one attached hydrogen (secondary N) is 1. The fraction of sp³-hybridized carbons (Fsp3) is 0.379. The minimum atomic E-state index is -0.510. The fourth-order valence-corrected chi connectivity index (χ4v) is 4.82. The van der Waals surface area contributed by atoms with E-state index in [9.17, 15) is 9.59 Å². The van der Waals surface area contributed by atoms with Crippen molar-refractivity contribution in [3.63, 3.8) is 0 Å². The van der Waals surface area contributed by atoms with Crippen molar-refractivity contribution in [2.45, 2.75) is 39.7 Å². The summed E-state index contributed by atoms with van der Waals surface area (Å²) in [7, 11) is 0. The molecule has 0 radical (unpaired) electrons. The Morgan fingerprint density at radius 1 is 1.05 bits per heavy atom. The molecule has 0 bridgehead atoms. The number of anilines is 1. The van der Waals surface area contributed by atoms with E-state index in [1.165, 1.54) is 0 Å². The molecule has 1 aromatic heterocycles. The Bertz CT molecular complexity index is 1250. The van der Waals surface area contributed by atoms with Gasteiger partial charge >= 0.3 is 5.97 Å². The average Bonchev–Trinajstić information content (AvgIpc) is 2.92. The number of aromatic nitrogens is 2. The van der Waals surface area contributed by atoms with Crippen LogP contribution in [0.2, 0.25) is 5.02 Å². The fourth-order valence-electron chi connectivity index (χ4n) is 4.56. The van der Waals surface area contributed by atoms with E-state index in [-0.39, 0.29) is 25.5 Å². The molecule has 3 aromatic rings. The first kappa shape index (κ1) is 27.4. The second kappa shape index (κ2) is 13.2. The van der Waals surface area contributed by atoms with Gasteiger partial charge in [0.2, 0.25) is 0 Å². The molecule has 0 spiro atoms. The molecule has 200 valence electrons. The number of amides is 1. The molecule has 1 amide bonds. The smallest absolute Gasteiger partial charge is 0.325 e. The van der Waals surface area contributed by atoms with Gasteiger partial charge in [0.1, 0.15) is 19.0 Å². The second-order valence-corrected chi connectivity index (χ2v) is 9.66. The van der Waals surface area contributed by atoms with Gasteiger partial charge in [-0.3, -0.25) is 9.59 Å². The quantitative estimate of drug-likeness (QED) is 0.373. The highest BCUT2D eigenvalue weighted by molar-refractivity contribution is 6.33. The van der Waals surface area contributed by atoms with Gasteiger partial charge in [-0.25, -0.2) is 9.97 Å². The monoisotopic (exact) mass is 536 g/mol. The number of carbonyl (C=O) groups is 2. The Labute approximate surface area is 228 Å². The van der Waals surface area contributed by atoms with Gasteiger partial charge in [0, 0.05) is 19.5 Å². The predicted octanol–water partition coefficient (Wildman–Crippen LogP) is 4.77. The number of ether oxygens (including phenoxy) is 2. The van der Waals surface area contributed by atoms with Crippen LogP contribution < -0.4 is 15.0 Å². The summed E-state index contributed by atoms with van der Waals surface area (Å²) in [5, 5.41) is 3.37. The van der Waals surface area contributed by atoms with E-state index >= 15 is 0 Å². The summed E-state index contributed by atoms with van der Waals surface area (Å²) in [6, 6.07) is 17.6. The van der Waals surface area contributed by atoms with Crippen molar-refractivity contribution in [3.8, 4) is 5.75 Å². The average molecular weight is 537 g/mol. The van der Waals surface area contributed by atoms with Crippen LogP contribution in [0.5, 0.6) is 5.75 Å². The number of benzene rings is 2. The largest absolute Gasteiger partial charge is 0.485 e. The Morgan fingerprint density at radius 2 is 1.76 bits per heavy atom. The molecule has 38 heavy (non-hydrogen) atoms. The number of hydrogen-bond acceptors (Lipinski definition) is 7. The highest BCUT2D eigenvalue weighted by Crippen LogP contribution is 2.31. The molecule has 1 saturated heterocycles. The molecule has 0 atom stereocenters. The van der Waals surface area contributed by atoms with Gasteiger partial charge in [-0.15, -0.1) is 0 Å². The number of para-hydroxylation sites is 1. The molecule has 1 aliphatic heterocycles. The molecule has 0 saturated carbocycles. The first-order chi connectivity index (χ1) is 18.4. The molecule has 1 N–H and O–H groups in total. The van der Waals surface area contributed by atoms with Crippen molar-refractivity contribution >= 4 is 29.2 Å². The van der Waals surface area contributed by atoms with E-state index in [0.717, 1.165) is 42.2 Å². The van der Waals surface area contributed by atoms with E-state index in [1.807, 2.05) is 61.5 Å². The van der Waals surface area contributed by atoms with Crippen molar-refractivity contribution in [1.82, 2.24) is 15.3 Å². The Morgan fingerprint density at radius 3 is 2.47 bits per heavy atom. The van der Waals surface area contributed by atoms with Crippen molar-refractivity contribution < 1.29 is 19.1 Å². The third-order valence-electron chi connectivity index (χ3n) is 6.50. The second-order valence-electron chi connectivity index (χ2n) is 9.25. The molecule has 1 fully saturated rings. The minimum Gasteiger partial charge on any atom is -0.485 e. The van der Waals surface area contributed by atoms with Crippen molar-refractivity contribution in [2.75, 3.05) is 31.1 Å². The number of piperidine rings is 1. The third kappa shape index (κ3) is 7.22. The van der Waals surface area contributed by atoms with Crippen LogP contribution in [-0.4, -0.2) is 48.1 Å². The summed E-state index contributed by atoms with van der Waals surface area (Å²) >= 11 is 6.39. The van der Waals surface area contributed by atoms with Gasteiger partial charge < -0.3 is 19.7 Å². The van der Waals surface area contributed by atoms with Crippen LogP contribution in [0.3, 0.4) is 0 Å². The van der Waals surface area contributed by atoms with Crippen LogP contribution in [-0.2, 0) is 22.6 Å². The topological polar surface area (TPSA) is 93.6 Å². The number of aryl methyl sites for hydroxylation is 1. The van der Waals surface area contributed by atoms with Crippen LogP contribution in [0, 0.1) is 12.8 Å². The molecule has 2 aromatic carbocycles. The Kier molecular flexibility index (Phi) is 9.54. The van der Waals surface area contributed by atoms with Gasteiger partial charge in [0.15, 0.2) is 11.4 Å². The van der Waals surface area contributed by atoms with Crippen LogP contribution in [0.15, 0.2) is 54.6 Å². The van der Waals surface area contributed by atoms with E-state index in [4.69, 9.17) is 26.1 Å². The summed E-state index contributed by atoms with van der Waals surface area (Å²) in [6.07, 6.45) is 2.57. The summed E-state index contributed by atoms with van der Waals surface area (Å²) in [6.45, 7) is 5.57. The molecule has 0 unspecified atom stereocenters. The summed E-state index contributed by atoms with van der Waals surface area (Å²) in [5.41, 5.74) is 2.72. The lowest BCUT2D eigenvalue weighted by Gasteiger charge is -2.34. The minimum absolute atomic E-state index is 0.126. The predicted molar refractivity (Wildman–Crippen MR) is 147 cm³/mol. The highest BCUT2D eigenvalue weighted by Gasteiger charge is 2.25. The Hall–Kier alpha value is -3.65. The first-order valence-electron chi connectivity index (χ1n) is 12.9. The van der Waals surface area contributed by atoms with Crippen LogP contribution in [0.4, 0.5) is 5.69 Å². The molecule has 0 aliphatic carbocycles. The lowest BCUT2D eigenvalue weighted by Crippen LogP contribution is -2.35. The number of nitrogens with zero attached hydrogens (tertiary/aromatic N) is 3. The molecular weight excluding hydrogens is 504 g/mol. The number of hydrogen-bond donors (Lipinski definition) is 1. The van der Waals surface area contributed by atoms with E-state index in [0.29, 0.717) is 29.6 Å². The maximum atomic E-state index is 13.1. The van der Waals surface area contributed by atoms with E-state index in [2.05, 4.69) is 15.2 Å². The molecule has 1 aliphatic rings. The number of carbonyl (C=O) groups excluding carboxylic acids is 2. The third-order valence-corrected chi connectivity index (χ3v) is 6.82. The lowest BCUT2D eigenvalue weighted by molar-refractivity contribution is -0.141. The van der Waals surface area contributed by atoms with Gasteiger partial charge in [-0.05, 0) is 50.3 Å². The highest BCUT2D eigenvalue weighted by atomic mass is 35.5. The van der Waals surface area contributed by atoms with Crippen LogP contribution in [0.1, 0.15) is 47.3 Å². The van der Waals surface area contributed by atoms with E-state index in [1.54, 1.807) is 6.92 Å². The maximum Gasteiger partial charge on any atom is 0.325 e. The number of halogens is 1. The summed E-state index contributed by atoms with van der Waals surface area (Å²) < 4.78 is 11.0. The number of esters is 1. The van der Waals surface area contributed by atoms with Gasteiger partial charge in [0.25, 0.3) is 5.91 Å². The zero-order chi connectivity index (χ0) is 26.9. The molecular formula is C29H33ClN4O4. The summed E-state index contributed by atoms with van der Waals surface area (Å²) in [5.74, 6) is 0.268. The Balaban J connectivity index is 1.48. The van der Waals surface area contributed by atoms with Gasteiger partial charge in [-0.1, -0.05) is 54.1 Å². The zero-order valence-corrected chi connectivity index (χ0v) is 22.5. The van der Waals surface area contributed by atoms with E-state index < -0.39 is 11.9 Å². The zero-order valence-electron chi connectivity index (χ0n) is 21.8. The van der Waals surface area contributed by atoms with Gasteiger partial charge in [-0.2, -0.15) is 0 Å². The van der Waals surface area contributed by atoms with Crippen molar-refractivity contribution in [1.29, 1.82) is 0 Å². The van der Waals surface area contributed by atoms with Crippen molar-refractivity contribution in [3.05, 3.63) is 82.4 Å². The lowest BCUT2D eigenvalue weighted by atomic mass is 9.92. The normalized spacial score (nSPS) is 13.7. The van der Waals surface area contributed by atoms with Crippen LogP contribution in [0.25, 0.3) is 0 Å². The van der Waals surface area contributed by atoms with Crippen molar-refractivity contribution in [2.24, 2.45) is 5.92 Å². The standard InChI is InChI=1S/C29H33ClN4O4/c1-3-37-26(35)18-31-29(36)27-28(38-19-22-9-5-4-6-10-22)20(2)32-25(33-27)17-21-13-15-34(16-14-21)24-12-8-7-11-23(24)30/h4-12,21H,3,13-19H2,1-2H3,(H,31,36). The maximum absolute atomic E-state index is 13.1. The molecule has 2 heterocycles. The molecule has 4 rings (SSSR count). The summed E-state index contributed by atoms with van der Waals surface area (Å²) in [4.78, 5) is 36.5. The van der Waals surface area contributed by atoms with Gasteiger partial charge in [0.05, 0.1) is 23.0 Å². The first-order valence-corrected chi connectivity index (χ1v) is 13.3. The molecule has 8 nitrogen and oxygen atoms in total.